The molecule has 2 unspecified atom stereocenters. The summed E-state index contributed by atoms with van der Waals surface area (Å²) in [6, 6.07) is 8.60. The molecule has 0 fully saturated rings. The van der Waals surface area contributed by atoms with Crippen molar-refractivity contribution in [2.45, 2.75) is 38.0 Å². The minimum atomic E-state index is -0.0371. The van der Waals surface area contributed by atoms with Crippen LogP contribution in [0.15, 0.2) is 30.5 Å². The molecule has 0 radical (unpaired) electrons. The minimum absolute atomic E-state index is 0.0371. The second kappa shape index (κ2) is 4.93. The van der Waals surface area contributed by atoms with Crippen molar-refractivity contribution in [1.29, 1.82) is 0 Å². The molecule has 19 heavy (non-hydrogen) atoms. The Balaban J connectivity index is 1.99. The van der Waals surface area contributed by atoms with Gasteiger partial charge in [0.05, 0.1) is 5.38 Å². The highest BCUT2D eigenvalue weighted by Gasteiger charge is 2.26. The third kappa shape index (κ3) is 2.25. The number of aryl methyl sites for hydroxylation is 2. The van der Waals surface area contributed by atoms with E-state index in [-0.39, 0.29) is 5.38 Å². The Hall–Kier alpha value is -1.41. The maximum atomic E-state index is 6.12. The zero-order chi connectivity index (χ0) is 13.4. The summed E-state index contributed by atoms with van der Waals surface area (Å²) in [4.78, 5) is 9.23. The molecule has 98 valence electrons. The Bertz CT molecular complexity index is 607. The van der Waals surface area contributed by atoms with Crippen LogP contribution in [0.1, 0.15) is 52.8 Å². The normalized spacial score (nSPS) is 19.2. The lowest BCUT2D eigenvalue weighted by molar-refractivity contribution is 0.718. The van der Waals surface area contributed by atoms with E-state index in [9.17, 15) is 0 Å². The second-order valence-corrected chi connectivity index (χ2v) is 5.83. The van der Waals surface area contributed by atoms with Crippen LogP contribution < -0.4 is 0 Å². The Morgan fingerprint density at radius 3 is 2.84 bits per heavy atom. The van der Waals surface area contributed by atoms with Crippen LogP contribution in [0.25, 0.3) is 0 Å². The molecular formula is C16H17ClN2. The van der Waals surface area contributed by atoms with Crippen LogP contribution in [0, 0.1) is 6.92 Å². The summed E-state index contributed by atoms with van der Waals surface area (Å²) < 4.78 is 0. The maximum Gasteiger partial charge on any atom is 0.136 e. The van der Waals surface area contributed by atoms with Gasteiger partial charge in [0.2, 0.25) is 0 Å². The Morgan fingerprint density at radius 1 is 1.32 bits per heavy atom. The number of hydrogen-bond acceptors (Lipinski definition) is 2. The fraction of sp³-hybridized carbons (Fsp3) is 0.375. The quantitative estimate of drug-likeness (QED) is 0.767. The van der Waals surface area contributed by atoms with Crippen molar-refractivity contribution in [1.82, 2.24) is 9.97 Å². The van der Waals surface area contributed by atoms with E-state index in [1.165, 1.54) is 11.1 Å². The molecule has 0 saturated carbocycles. The largest absolute Gasteiger partial charge is 0.240 e. The van der Waals surface area contributed by atoms with Crippen LogP contribution in [0.4, 0.5) is 0 Å². The SMILES string of the molecule is Cc1nc(C2CCc3ccccc32)ncc1C(C)Cl. The minimum Gasteiger partial charge on any atom is -0.240 e. The molecule has 0 N–H and O–H groups in total. The third-order valence-corrected chi connectivity index (χ3v) is 4.14. The van der Waals surface area contributed by atoms with Crippen molar-refractivity contribution >= 4 is 11.6 Å². The molecule has 3 rings (SSSR count). The molecule has 2 atom stereocenters. The number of halogens is 1. The van der Waals surface area contributed by atoms with Gasteiger partial charge in [-0.05, 0) is 37.8 Å². The molecule has 0 aliphatic heterocycles. The van der Waals surface area contributed by atoms with Gasteiger partial charge in [-0.25, -0.2) is 9.97 Å². The van der Waals surface area contributed by atoms with Gasteiger partial charge < -0.3 is 0 Å². The van der Waals surface area contributed by atoms with Gasteiger partial charge in [0, 0.05) is 23.4 Å². The summed E-state index contributed by atoms with van der Waals surface area (Å²) in [6.07, 6.45) is 4.11. The molecule has 0 saturated heterocycles. The molecule has 2 aromatic rings. The van der Waals surface area contributed by atoms with Crippen molar-refractivity contribution in [3.05, 3.63) is 58.7 Å². The molecule has 1 aromatic carbocycles. The summed E-state index contributed by atoms with van der Waals surface area (Å²) in [6.45, 7) is 3.97. The molecule has 1 heterocycles. The first-order valence-electron chi connectivity index (χ1n) is 6.72. The Kier molecular flexibility index (Phi) is 3.28. The average Bonchev–Trinajstić information content (AvgIpc) is 2.82. The highest BCUT2D eigenvalue weighted by atomic mass is 35.5. The van der Waals surface area contributed by atoms with Gasteiger partial charge in [-0.15, -0.1) is 11.6 Å². The van der Waals surface area contributed by atoms with E-state index in [1.807, 2.05) is 20.0 Å². The fourth-order valence-corrected chi connectivity index (χ4v) is 3.09. The lowest BCUT2D eigenvalue weighted by atomic mass is 10.0. The predicted molar refractivity (Wildman–Crippen MR) is 77.6 cm³/mol. The van der Waals surface area contributed by atoms with Gasteiger partial charge in [0.25, 0.3) is 0 Å². The first-order valence-corrected chi connectivity index (χ1v) is 7.15. The molecule has 2 nitrogen and oxygen atoms in total. The van der Waals surface area contributed by atoms with Crippen LogP contribution in [0.2, 0.25) is 0 Å². The van der Waals surface area contributed by atoms with E-state index in [1.54, 1.807) is 0 Å². The van der Waals surface area contributed by atoms with Gasteiger partial charge in [-0.2, -0.15) is 0 Å². The van der Waals surface area contributed by atoms with Gasteiger partial charge in [0.15, 0.2) is 0 Å². The molecule has 1 aliphatic rings. The van der Waals surface area contributed by atoms with E-state index >= 15 is 0 Å². The number of rotatable bonds is 2. The number of benzene rings is 1. The first-order chi connectivity index (χ1) is 9.16. The zero-order valence-electron chi connectivity index (χ0n) is 11.2. The van der Waals surface area contributed by atoms with E-state index in [0.29, 0.717) is 5.92 Å². The molecule has 1 aliphatic carbocycles. The molecular weight excluding hydrogens is 256 g/mol. The van der Waals surface area contributed by atoms with Crippen LogP contribution in [-0.2, 0) is 6.42 Å². The van der Waals surface area contributed by atoms with Crippen molar-refractivity contribution < 1.29 is 0 Å². The third-order valence-electron chi connectivity index (χ3n) is 3.91. The zero-order valence-corrected chi connectivity index (χ0v) is 12.0. The number of aromatic nitrogens is 2. The van der Waals surface area contributed by atoms with Gasteiger partial charge in [-0.3, -0.25) is 0 Å². The van der Waals surface area contributed by atoms with Crippen molar-refractivity contribution in [2.24, 2.45) is 0 Å². The molecule has 3 heteroatoms. The molecule has 0 bridgehead atoms. The first kappa shape index (κ1) is 12.6. The van der Waals surface area contributed by atoms with E-state index in [2.05, 4.69) is 34.2 Å². The van der Waals surface area contributed by atoms with E-state index in [0.717, 1.165) is 29.9 Å². The van der Waals surface area contributed by atoms with Crippen molar-refractivity contribution in [3.63, 3.8) is 0 Å². The van der Waals surface area contributed by atoms with Crippen molar-refractivity contribution in [2.75, 3.05) is 0 Å². The lowest BCUT2D eigenvalue weighted by Crippen LogP contribution is -2.06. The number of alkyl halides is 1. The standard InChI is InChI=1S/C16H17ClN2/c1-10(17)15-9-18-16(19-11(15)2)14-8-7-12-5-3-4-6-13(12)14/h3-6,9-10,14H,7-8H2,1-2H3. The summed E-state index contributed by atoms with van der Waals surface area (Å²) in [5.74, 6) is 1.28. The monoisotopic (exact) mass is 272 g/mol. The number of hydrogen-bond donors (Lipinski definition) is 0. The Labute approximate surface area is 118 Å². The average molecular weight is 273 g/mol. The van der Waals surface area contributed by atoms with Crippen LogP contribution >= 0.6 is 11.6 Å². The summed E-state index contributed by atoms with van der Waals surface area (Å²) in [7, 11) is 0. The van der Waals surface area contributed by atoms with Crippen LogP contribution in [0.3, 0.4) is 0 Å². The Morgan fingerprint density at radius 2 is 2.11 bits per heavy atom. The predicted octanol–water partition coefficient (Wildman–Crippen LogP) is 4.16. The van der Waals surface area contributed by atoms with Gasteiger partial charge in [0.1, 0.15) is 5.82 Å². The topological polar surface area (TPSA) is 25.8 Å². The van der Waals surface area contributed by atoms with Crippen LogP contribution in [-0.4, -0.2) is 9.97 Å². The second-order valence-electron chi connectivity index (χ2n) is 5.18. The maximum absolute atomic E-state index is 6.12. The number of fused-ring (bicyclic) bond motifs is 1. The summed E-state index contributed by atoms with van der Waals surface area (Å²) in [5.41, 5.74) is 4.84. The van der Waals surface area contributed by atoms with Crippen molar-refractivity contribution in [3.8, 4) is 0 Å². The number of nitrogens with zero attached hydrogens (tertiary/aromatic N) is 2. The van der Waals surface area contributed by atoms with Gasteiger partial charge in [-0.1, -0.05) is 24.3 Å². The van der Waals surface area contributed by atoms with E-state index in [4.69, 9.17) is 11.6 Å². The molecule has 1 aromatic heterocycles. The molecule has 0 amide bonds. The highest BCUT2D eigenvalue weighted by Crippen LogP contribution is 2.36. The smallest absolute Gasteiger partial charge is 0.136 e. The van der Waals surface area contributed by atoms with Crippen LogP contribution in [0.5, 0.6) is 0 Å². The lowest BCUT2D eigenvalue weighted by Gasteiger charge is -2.13. The molecule has 0 spiro atoms. The fourth-order valence-electron chi connectivity index (χ4n) is 2.88. The highest BCUT2D eigenvalue weighted by molar-refractivity contribution is 6.20. The summed E-state index contributed by atoms with van der Waals surface area (Å²) >= 11 is 6.12. The summed E-state index contributed by atoms with van der Waals surface area (Å²) in [5, 5.41) is -0.0371. The van der Waals surface area contributed by atoms with E-state index < -0.39 is 0 Å². The van der Waals surface area contributed by atoms with Gasteiger partial charge >= 0.3 is 0 Å².